The predicted molar refractivity (Wildman–Crippen MR) is 126 cm³/mol. The van der Waals surface area contributed by atoms with Crippen molar-refractivity contribution in [2.45, 2.75) is 12.8 Å². The molecular formula is C25H22N2O5S. The molecule has 2 heterocycles. The summed E-state index contributed by atoms with van der Waals surface area (Å²) < 4.78 is 15.4. The number of carbonyl (C=O) groups excluding carboxylic acids is 2. The van der Waals surface area contributed by atoms with Gasteiger partial charge in [-0.15, -0.1) is 11.3 Å². The number of anilines is 1. The van der Waals surface area contributed by atoms with Crippen molar-refractivity contribution < 1.29 is 23.6 Å². The van der Waals surface area contributed by atoms with Crippen LogP contribution in [0.15, 0.2) is 71.3 Å². The van der Waals surface area contributed by atoms with Crippen LogP contribution in [0.2, 0.25) is 0 Å². The average molecular weight is 463 g/mol. The van der Waals surface area contributed by atoms with Gasteiger partial charge in [0.2, 0.25) is 0 Å². The van der Waals surface area contributed by atoms with Crippen molar-refractivity contribution in [3.05, 3.63) is 88.4 Å². The van der Waals surface area contributed by atoms with E-state index in [9.17, 15) is 9.59 Å². The molecule has 1 atom stereocenters. The van der Waals surface area contributed by atoms with Gasteiger partial charge in [-0.2, -0.15) is 0 Å². The summed E-state index contributed by atoms with van der Waals surface area (Å²) in [6, 6.07) is 20.5. The first-order valence-electron chi connectivity index (χ1n) is 10.2. The van der Waals surface area contributed by atoms with Gasteiger partial charge in [-0.05, 0) is 35.9 Å². The van der Waals surface area contributed by atoms with Gasteiger partial charge in [-0.25, -0.2) is 4.79 Å². The van der Waals surface area contributed by atoms with Crippen molar-refractivity contribution in [3.8, 4) is 17.1 Å². The maximum absolute atomic E-state index is 12.9. The van der Waals surface area contributed by atoms with E-state index in [0.717, 1.165) is 16.0 Å². The lowest BCUT2D eigenvalue weighted by molar-refractivity contribution is 0.0602. The number of esters is 1. The van der Waals surface area contributed by atoms with Crippen molar-refractivity contribution in [2.75, 3.05) is 19.5 Å². The van der Waals surface area contributed by atoms with Crippen molar-refractivity contribution in [2.24, 2.45) is 0 Å². The maximum atomic E-state index is 12.9. The van der Waals surface area contributed by atoms with E-state index < -0.39 is 11.9 Å². The van der Waals surface area contributed by atoms with Gasteiger partial charge in [-0.1, -0.05) is 42.4 Å². The summed E-state index contributed by atoms with van der Waals surface area (Å²) in [5.74, 6) is 0.195. The molecule has 0 aliphatic carbocycles. The highest BCUT2D eigenvalue weighted by atomic mass is 32.1. The van der Waals surface area contributed by atoms with Crippen LogP contribution in [0.25, 0.3) is 11.3 Å². The number of amides is 1. The minimum absolute atomic E-state index is 0.0407. The summed E-state index contributed by atoms with van der Waals surface area (Å²) >= 11 is 1.33. The Labute approximate surface area is 194 Å². The molecule has 168 valence electrons. The van der Waals surface area contributed by atoms with E-state index in [4.69, 9.17) is 14.0 Å². The number of carbonyl (C=O) groups is 2. The van der Waals surface area contributed by atoms with Gasteiger partial charge in [0.1, 0.15) is 10.8 Å². The Balaban J connectivity index is 1.57. The summed E-state index contributed by atoms with van der Waals surface area (Å²) in [4.78, 5) is 26.2. The van der Waals surface area contributed by atoms with Gasteiger partial charge >= 0.3 is 5.97 Å². The molecule has 0 radical (unpaired) electrons. The number of hydrogen-bond acceptors (Lipinski definition) is 7. The molecule has 33 heavy (non-hydrogen) atoms. The van der Waals surface area contributed by atoms with Crippen molar-refractivity contribution >= 4 is 28.2 Å². The maximum Gasteiger partial charge on any atom is 0.340 e. The number of ether oxygens (including phenoxy) is 2. The molecule has 4 rings (SSSR count). The van der Waals surface area contributed by atoms with Crippen molar-refractivity contribution in [1.82, 2.24) is 5.16 Å². The Kier molecular flexibility index (Phi) is 6.55. The van der Waals surface area contributed by atoms with E-state index >= 15 is 0 Å². The largest absolute Gasteiger partial charge is 0.497 e. The lowest BCUT2D eigenvalue weighted by atomic mass is 9.99. The quantitative estimate of drug-likeness (QED) is 0.360. The number of thiophene rings is 1. The van der Waals surface area contributed by atoms with Crippen LogP contribution in [0.5, 0.6) is 5.75 Å². The summed E-state index contributed by atoms with van der Waals surface area (Å²) in [5, 5.41) is 7.08. The van der Waals surface area contributed by atoms with Gasteiger partial charge in [0.05, 0.1) is 19.8 Å². The first-order valence-corrected chi connectivity index (χ1v) is 11.0. The number of nitrogens with zero attached hydrogens (tertiary/aromatic N) is 1. The molecule has 0 bridgehead atoms. The van der Waals surface area contributed by atoms with Crippen LogP contribution in [0, 0.1) is 0 Å². The van der Waals surface area contributed by atoms with Crippen molar-refractivity contribution in [3.63, 3.8) is 0 Å². The number of nitrogens with one attached hydrogen (secondary N) is 1. The van der Waals surface area contributed by atoms with E-state index in [2.05, 4.69) is 10.5 Å². The topological polar surface area (TPSA) is 90.7 Å². The highest BCUT2D eigenvalue weighted by Gasteiger charge is 2.23. The Morgan fingerprint density at radius 2 is 1.76 bits per heavy atom. The summed E-state index contributed by atoms with van der Waals surface area (Å²) in [6.45, 7) is 2.05. The molecule has 0 aliphatic rings. The third kappa shape index (κ3) is 4.80. The molecule has 0 saturated carbocycles. The second-order valence-electron chi connectivity index (χ2n) is 7.27. The van der Waals surface area contributed by atoms with E-state index in [1.807, 2.05) is 49.4 Å². The zero-order valence-electron chi connectivity index (χ0n) is 18.3. The molecule has 1 amide bonds. The zero-order chi connectivity index (χ0) is 23.4. The minimum atomic E-state index is -0.521. The molecule has 2 aromatic carbocycles. The first-order chi connectivity index (χ1) is 16.0. The number of benzene rings is 2. The van der Waals surface area contributed by atoms with Crippen LogP contribution < -0.4 is 10.1 Å². The van der Waals surface area contributed by atoms with Gasteiger partial charge in [0, 0.05) is 22.4 Å². The molecule has 0 aliphatic heterocycles. The Hall–Kier alpha value is -3.91. The number of methoxy groups -OCH3 is 2. The highest BCUT2D eigenvalue weighted by Crippen LogP contribution is 2.36. The lowest BCUT2D eigenvalue weighted by Crippen LogP contribution is -2.14. The third-order valence-corrected chi connectivity index (χ3v) is 6.46. The van der Waals surface area contributed by atoms with Crippen LogP contribution in [-0.2, 0) is 4.74 Å². The molecule has 0 saturated heterocycles. The molecule has 0 spiro atoms. The second-order valence-corrected chi connectivity index (χ2v) is 8.36. The molecule has 0 fully saturated rings. The molecule has 4 aromatic rings. The smallest absolute Gasteiger partial charge is 0.340 e. The Morgan fingerprint density at radius 1 is 1.03 bits per heavy atom. The van der Waals surface area contributed by atoms with Crippen LogP contribution in [0.1, 0.15) is 44.1 Å². The highest BCUT2D eigenvalue weighted by molar-refractivity contribution is 7.16. The SMILES string of the molecule is COC(=O)c1cc([C@H](C)c2ccccc2)sc1NC(=O)c1cc(-c2ccc(OC)cc2)on1. The molecule has 2 aromatic heterocycles. The van der Waals surface area contributed by atoms with Gasteiger partial charge in [0.15, 0.2) is 11.5 Å². The van der Waals surface area contributed by atoms with Crippen LogP contribution in [-0.4, -0.2) is 31.3 Å². The number of rotatable bonds is 7. The normalized spacial score (nSPS) is 11.6. The fourth-order valence-corrected chi connectivity index (χ4v) is 4.45. The van der Waals surface area contributed by atoms with Crippen LogP contribution >= 0.6 is 11.3 Å². The Morgan fingerprint density at radius 3 is 2.42 bits per heavy atom. The van der Waals surface area contributed by atoms with Gasteiger partial charge < -0.3 is 19.3 Å². The fourth-order valence-electron chi connectivity index (χ4n) is 3.32. The molecule has 0 unspecified atom stereocenters. The number of hydrogen-bond donors (Lipinski definition) is 1. The first kappa shape index (κ1) is 22.3. The van der Waals surface area contributed by atoms with E-state index in [0.29, 0.717) is 22.1 Å². The van der Waals surface area contributed by atoms with Crippen molar-refractivity contribution in [1.29, 1.82) is 0 Å². The van der Waals surface area contributed by atoms with E-state index in [1.54, 1.807) is 31.4 Å². The third-order valence-electron chi connectivity index (χ3n) is 5.23. The second kappa shape index (κ2) is 9.70. The van der Waals surface area contributed by atoms with Gasteiger partial charge in [-0.3, -0.25) is 4.79 Å². The summed E-state index contributed by atoms with van der Waals surface area (Å²) in [7, 11) is 2.90. The average Bonchev–Trinajstić information content (AvgIpc) is 3.52. The fraction of sp³-hybridized carbons (Fsp3) is 0.160. The predicted octanol–water partition coefficient (Wildman–Crippen LogP) is 5.60. The van der Waals surface area contributed by atoms with Crippen LogP contribution in [0.3, 0.4) is 0 Å². The number of aromatic nitrogens is 1. The standard InChI is InChI=1S/C25H22N2O5S/c1-15(16-7-5-4-6-8-16)22-13-19(25(29)31-3)24(33-22)26-23(28)20-14-21(32-27-20)17-9-11-18(30-2)12-10-17/h4-15H,1-3H3,(H,26,28)/t15-/m1/s1. The van der Waals surface area contributed by atoms with E-state index in [-0.39, 0.29) is 11.6 Å². The summed E-state index contributed by atoms with van der Waals surface area (Å²) in [6.07, 6.45) is 0. The lowest BCUT2D eigenvalue weighted by Gasteiger charge is -2.08. The summed E-state index contributed by atoms with van der Waals surface area (Å²) in [5.41, 5.74) is 2.26. The van der Waals surface area contributed by atoms with E-state index in [1.165, 1.54) is 18.4 Å². The monoisotopic (exact) mass is 462 g/mol. The van der Waals surface area contributed by atoms with Crippen LogP contribution in [0.4, 0.5) is 5.00 Å². The minimum Gasteiger partial charge on any atom is -0.497 e. The Bertz CT molecular complexity index is 1260. The zero-order valence-corrected chi connectivity index (χ0v) is 19.1. The molecule has 8 heteroatoms. The van der Waals surface area contributed by atoms with Gasteiger partial charge in [0.25, 0.3) is 5.91 Å². The molecular weight excluding hydrogens is 440 g/mol. The molecule has 1 N–H and O–H groups in total. The molecule has 7 nitrogen and oxygen atoms in total.